The first kappa shape index (κ1) is 30.9. The van der Waals surface area contributed by atoms with Crippen LogP contribution in [0, 0.1) is 12.8 Å². The Morgan fingerprint density at radius 2 is 1.68 bits per heavy atom. The van der Waals surface area contributed by atoms with Crippen LogP contribution in [-0.4, -0.2) is 34.7 Å². The zero-order valence-corrected chi connectivity index (χ0v) is 25.6. The zero-order valence-electron chi connectivity index (χ0n) is 22.5. The van der Waals surface area contributed by atoms with Crippen molar-refractivity contribution in [1.82, 2.24) is 19.5 Å². The second-order valence-corrected chi connectivity index (χ2v) is 12.9. The fourth-order valence-corrected chi connectivity index (χ4v) is 5.86. The normalized spacial score (nSPS) is 11.7. The molecule has 0 radical (unpaired) electrons. The lowest BCUT2D eigenvalue weighted by Crippen LogP contribution is -2.23. The quantitative estimate of drug-likeness (QED) is 0.185. The third-order valence-electron chi connectivity index (χ3n) is 6.22. The molecule has 0 aliphatic heterocycles. The number of carbonyl (C=O) groups excluding carboxylic acids is 2. The van der Waals surface area contributed by atoms with E-state index in [1.165, 1.54) is 41.2 Å². The number of pyridine rings is 1. The second-order valence-electron chi connectivity index (χ2n) is 9.89. The van der Waals surface area contributed by atoms with Crippen molar-refractivity contribution >= 4 is 56.4 Å². The number of nitrogens with one attached hydrogen (secondary N) is 1. The van der Waals surface area contributed by atoms with Crippen molar-refractivity contribution in [3.63, 3.8) is 0 Å². The van der Waals surface area contributed by atoms with Crippen LogP contribution in [0.25, 0.3) is 5.82 Å². The van der Waals surface area contributed by atoms with E-state index in [1.807, 2.05) is 13.8 Å². The summed E-state index contributed by atoms with van der Waals surface area (Å²) in [7, 11) is -3.89. The molecule has 2 aromatic carbocycles. The zero-order chi connectivity index (χ0) is 29.9. The van der Waals surface area contributed by atoms with E-state index in [0.29, 0.717) is 33.2 Å². The number of nitrogens with zero attached hydrogens (tertiary/aromatic N) is 3. The van der Waals surface area contributed by atoms with Gasteiger partial charge in [-0.2, -0.15) is 5.10 Å². The molecular formula is C29H27Cl3N4O4S. The maximum Gasteiger partial charge on any atom is 0.240 e. The Kier molecular flexibility index (Phi) is 9.66. The molecule has 41 heavy (non-hydrogen) atoms. The molecule has 2 heterocycles. The molecule has 4 rings (SSSR count). The molecule has 0 aliphatic carbocycles. The van der Waals surface area contributed by atoms with Crippen LogP contribution in [0.4, 0.5) is 0 Å². The van der Waals surface area contributed by atoms with Gasteiger partial charge in [0.1, 0.15) is 5.69 Å². The molecule has 0 saturated heterocycles. The van der Waals surface area contributed by atoms with Gasteiger partial charge in [0.2, 0.25) is 10.0 Å². The fraction of sp³-hybridized carbons (Fsp3) is 0.241. The number of aromatic nitrogens is 3. The number of hydrogen-bond acceptors (Lipinski definition) is 6. The van der Waals surface area contributed by atoms with Gasteiger partial charge in [0, 0.05) is 34.6 Å². The summed E-state index contributed by atoms with van der Waals surface area (Å²) >= 11 is 18.5. The number of Topliss-reactive ketones (excluding diaryl/α,β-unsaturated/α-hetero) is 2. The van der Waals surface area contributed by atoms with Crippen molar-refractivity contribution in [1.29, 1.82) is 0 Å². The van der Waals surface area contributed by atoms with Crippen LogP contribution in [0.1, 0.15) is 57.9 Å². The highest BCUT2D eigenvalue weighted by atomic mass is 35.5. The standard InChI is InChI=1S/C29H27Cl3N4O4S/c1-17(2)11-27(37)24-13-20(31)12-18(3)23(24)15-28(38)26-14-21(35-36(26)29-25(32)5-4-10-33-29)16-34-41(39,40)22-8-6-19(30)7-9-22/h4-10,12-14,17,34H,11,15-16H2,1-3H3. The van der Waals surface area contributed by atoms with Crippen LogP contribution in [0.3, 0.4) is 0 Å². The number of aryl methyl sites for hydroxylation is 1. The van der Waals surface area contributed by atoms with E-state index >= 15 is 0 Å². The molecule has 0 fully saturated rings. The van der Waals surface area contributed by atoms with Gasteiger partial charge in [-0.25, -0.2) is 22.8 Å². The molecule has 0 aliphatic rings. The number of carbonyl (C=O) groups is 2. The summed E-state index contributed by atoms with van der Waals surface area (Å²) in [5, 5.41) is 5.52. The SMILES string of the molecule is Cc1cc(Cl)cc(C(=O)CC(C)C)c1CC(=O)c1cc(CNS(=O)(=O)c2ccc(Cl)cc2)nn1-c1ncccc1Cl. The molecule has 0 bridgehead atoms. The molecule has 0 spiro atoms. The Morgan fingerprint density at radius 1 is 0.976 bits per heavy atom. The van der Waals surface area contributed by atoms with E-state index in [9.17, 15) is 18.0 Å². The molecule has 1 N–H and O–H groups in total. The third kappa shape index (κ3) is 7.42. The first-order valence-corrected chi connectivity index (χ1v) is 15.3. The largest absolute Gasteiger partial charge is 0.294 e. The Morgan fingerprint density at radius 3 is 2.34 bits per heavy atom. The number of hydrogen-bond donors (Lipinski definition) is 1. The highest BCUT2D eigenvalue weighted by Crippen LogP contribution is 2.26. The minimum atomic E-state index is -3.89. The van der Waals surface area contributed by atoms with Crippen molar-refractivity contribution < 1.29 is 18.0 Å². The average molecular weight is 634 g/mol. The Hall–Kier alpha value is -3.08. The molecular weight excluding hydrogens is 607 g/mol. The lowest BCUT2D eigenvalue weighted by molar-refractivity contribution is 0.0966. The molecule has 0 amide bonds. The van der Waals surface area contributed by atoms with Crippen LogP contribution < -0.4 is 4.72 Å². The average Bonchev–Trinajstić information content (AvgIpc) is 3.33. The minimum Gasteiger partial charge on any atom is -0.294 e. The summed E-state index contributed by atoms with van der Waals surface area (Å²) in [4.78, 5) is 31.2. The summed E-state index contributed by atoms with van der Waals surface area (Å²) in [6, 6.07) is 13.8. The predicted octanol–water partition coefficient (Wildman–Crippen LogP) is 6.67. The second kappa shape index (κ2) is 12.8. The Bertz CT molecular complexity index is 1720. The number of rotatable bonds is 11. The van der Waals surface area contributed by atoms with Crippen molar-refractivity contribution in [3.8, 4) is 5.82 Å². The van der Waals surface area contributed by atoms with Crippen LogP contribution in [0.2, 0.25) is 15.1 Å². The Labute approximate surface area is 253 Å². The predicted molar refractivity (Wildman–Crippen MR) is 160 cm³/mol. The first-order chi connectivity index (χ1) is 19.4. The van der Waals surface area contributed by atoms with Gasteiger partial charge in [0.25, 0.3) is 0 Å². The van der Waals surface area contributed by atoms with E-state index in [0.717, 1.165) is 0 Å². The number of ketones is 2. The van der Waals surface area contributed by atoms with Crippen LogP contribution >= 0.6 is 34.8 Å². The van der Waals surface area contributed by atoms with Gasteiger partial charge >= 0.3 is 0 Å². The Balaban J connectivity index is 1.70. The van der Waals surface area contributed by atoms with Gasteiger partial charge in [0.05, 0.1) is 22.2 Å². The van der Waals surface area contributed by atoms with Gasteiger partial charge in [-0.1, -0.05) is 48.7 Å². The lowest BCUT2D eigenvalue weighted by Gasteiger charge is -2.14. The van der Waals surface area contributed by atoms with Crippen molar-refractivity contribution in [2.75, 3.05) is 0 Å². The fourth-order valence-electron chi connectivity index (χ4n) is 4.26. The molecule has 4 aromatic rings. The summed E-state index contributed by atoms with van der Waals surface area (Å²) in [5.41, 5.74) is 2.06. The van der Waals surface area contributed by atoms with Crippen LogP contribution in [0.15, 0.2) is 65.7 Å². The van der Waals surface area contributed by atoms with Crippen molar-refractivity contribution in [2.24, 2.45) is 5.92 Å². The maximum absolute atomic E-state index is 13.8. The van der Waals surface area contributed by atoms with Crippen molar-refractivity contribution in [2.45, 2.75) is 45.1 Å². The summed E-state index contributed by atoms with van der Waals surface area (Å²) in [6.45, 7) is 5.47. The summed E-state index contributed by atoms with van der Waals surface area (Å²) in [5.74, 6) is -0.146. The van der Waals surface area contributed by atoms with Gasteiger partial charge in [-0.05, 0) is 78.6 Å². The molecule has 0 atom stereocenters. The molecule has 0 unspecified atom stereocenters. The van der Waals surface area contributed by atoms with Crippen LogP contribution in [0.5, 0.6) is 0 Å². The van der Waals surface area contributed by atoms with Crippen molar-refractivity contribution in [3.05, 3.63) is 104 Å². The van der Waals surface area contributed by atoms with Gasteiger partial charge < -0.3 is 0 Å². The first-order valence-electron chi connectivity index (χ1n) is 12.7. The molecule has 0 saturated carbocycles. The van der Waals surface area contributed by atoms with Gasteiger partial charge in [-0.3, -0.25) is 9.59 Å². The molecule has 214 valence electrons. The smallest absolute Gasteiger partial charge is 0.240 e. The van der Waals surface area contributed by atoms with Crippen LogP contribution in [-0.2, 0) is 23.0 Å². The monoisotopic (exact) mass is 632 g/mol. The lowest BCUT2D eigenvalue weighted by atomic mass is 9.91. The maximum atomic E-state index is 13.8. The van der Waals surface area contributed by atoms with Gasteiger partial charge in [-0.15, -0.1) is 0 Å². The van der Waals surface area contributed by atoms with E-state index in [4.69, 9.17) is 34.8 Å². The molecule has 2 aromatic heterocycles. The summed E-state index contributed by atoms with van der Waals surface area (Å²) in [6.07, 6.45) is 1.70. The minimum absolute atomic E-state index is 0.0298. The third-order valence-corrected chi connectivity index (χ3v) is 8.40. The molecule has 8 nitrogen and oxygen atoms in total. The topological polar surface area (TPSA) is 111 Å². The van der Waals surface area contributed by atoms with E-state index < -0.39 is 10.0 Å². The van der Waals surface area contributed by atoms with E-state index in [2.05, 4.69) is 14.8 Å². The van der Waals surface area contributed by atoms with E-state index in [-0.39, 0.29) is 57.6 Å². The number of sulfonamides is 1. The number of benzene rings is 2. The molecule has 12 heteroatoms. The van der Waals surface area contributed by atoms with Gasteiger partial charge in [0.15, 0.2) is 17.4 Å². The highest BCUT2D eigenvalue weighted by Gasteiger charge is 2.24. The highest BCUT2D eigenvalue weighted by molar-refractivity contribution is 7.89. The van der Waals surface area contributed by atoms with E-state index in [1.54, 1.807) is 31.2 Å². The number of halogens is 3. The summed E-state index contributed by atoms with van der Waals surface area (Å²) < 4.78 is 29.4.